The number of aryl methyl sites for hydroxylation is 1. The molecule has 0 saturated carbocycles. The number of para-hydroxylation sites is 2. The van der Waals surface area contributed by atoms with Crippen LogP contribution >= 0.6 is 23.1 Å². The van der Waals surface area contributed by atoms with E-state index in [2.05, 4.69) is 93.9 Å². The van der Waals surface area contributed by atoms with Crippen molar-refractivity contribution >= 4 is 72.1 Å². The van der Waals surface area contributed by atoms with E-state index in [1.807, 2.05) is 24.3 Å². The molecule has 2 aromatic heterocycles. The molecule has 0 radical (unpaired) electrons. The number of nitrogens with zero attached hydrogens (tertiary/aromatic N) is 3. The van der Waals surface area contributed by atoms with E-state index in [0.29, 0.717) is 25.4 Å². The van der Waals surface area contributed by atoms with Gasteiger partial charge in [-0.3, -0.25) is 9.35 Å². The molecule has 8 nitrogen and oxygen atoms in total. The highest BCUT2D eigenvalue weighted by Gasteiger charge is 2.29. The van der Waals surface area contributed by atoms with Crippen LogP contribution in [0.5, 0.6) is 0 Å². The lowest BCUT2D eigenvalue weighted by molar-refractivity contribution is -0.669. The summed E-state index contributed by atoms with van der Waals surface area (Å²) in [6.07, 6.45) is 11.7. The van der Waals surface area contributed by atoms with E-state index in [1.165, 1.54) is 15.8 Å². The normalized spacial score (nSPS) is 18.7. The summed E-state index contributed by atoms with van der Waals surface area (Å²) in [5.74, 6) is -0.363. The van der Waals surface area contributed by atoms with Gasteiger partial charge in [0.25, 0.3) is 15.1 Å². The Labute approximate surface area is 300 Å². The van der Waals surface area contributed by atoms with Crippen LogP contribution in [0.15, 0.2) is 112 Å². The molecule has 2 atom stereocenters. The van der Waals surface area contributed by atoms with E-state index in [0.717, 1.165) is 55.6 Å². The van der Waals surface area contributed by atoms with Gasteiger partial charge in [-0.15, -0.1) is 0 Å². The number of thioether (sulfide) groups is 1. The van der Waals surface area contributed by atoms with Gasteiger partial charge >= 0.3 is 5.97 Å². The molecule has 2 unspecified atom stereocenters. The predicted octanol–water partition coefficient (Wildman–Crippen LogP) is 8.86. The molecule has 2 N–H and O–H groups in total. The Balaban J connectivity index is 1.24. The minimum absolute atomic E-state index is 0.130. The first kappa shape index (κ1) is 34.3. The lowest BCUT2D eigenvalue weighted by Crippen LogP contribution is -2.35. The highest BCUT2D eigenvalue weighted by molar-refractivity contribution is 8.03. The zero-order valence-electron chi connectivity index (χ0n) is 28.0. The summed E-state index contributed by atoms with van der Waals surface area (Å²) in [7, 11) is -4.16. The number of carboxylic acid groups (broad SMARTS) is 1. The van der Waals surface area contributed by atoms with Crippen LogP contribution in [-0.4, -0.2) is 40.4 Å². The van der Waals surface area contributed by atoms with Crippen LogP contribution in [0.2, 0.25) is 0 Å². The van der Waals surface area contributed by atoms with Gasteiger partial charge in [0.2, 0.25) is 5.52 Å². The summed E-state index contributed by atoms with van der Waals surface area (Å²) < 4.78 is 39.3. The van der Waals surface area contributed by atoms with Gasteiger partial charge in [0.05, 0.1) is 27.9 Å². The first-order valence-electron chi connectivity index (χ1n) is 16.9. The number of rotatable bonds is 11. The first-order valence-corrected chi connectivity index (χ1v) is 20.1. The van der Waals surface area contributed by atoms with Crippen molar-refractivity contribution in [2.75, 3.05) is 11.4 Å². The number of aliphatic carboxylic acids is 1. The van der Waals surface area contributed by atoms with E-state index in [4.69, 9.17) is 0 Å². The molecule has 0 amide bonds. The van der Waals surface area contributed by atoms with Crippen molar-refractivity contribution in [3.63, 3.8) is 0 Å². The number of hydrogen-bond acceptors (Lipinski definition) is 6. The van der Waals surface area contributed by atoms with Crippen LogP contribution in [0.3, 0.4) is 0 Å². The minimum atomic E-state index is -4.16. The summed E-state index contributed by atoms with van der Waals surface area (Å²) in [5, 5.41) is 11.7. The molecule has 1 aliphatic carbocycles. The van der Waals surface area contributed by atoms with Crippen molar-refractivity contribution in [2.45, 2.75) is 62.6 Å². The fourth-order valence-corrected chi connectivity index (χ4v) is 9.59. The standard InChI is InChI=1S/C39H39N3O5S3/c1-26-20-28(23-37-41(17-7-12-39(43)44)33-10-5-6-11-35(33)48-37)22-29(21-26)24-38-42(18-15-27(2)50(45,46)47)34-25-31(13-14-36(34)49-38)40-19-16-30-8-3-4-9-32(30)40/h3-6,8-11,13-14,16,19,22-27H,7,12,15,17-18,20-21H2,1-2H3,(H-,43,44,45,46,47)/p+1. The number of carboxylic acids is 1. The summed E-state index contributed by atoms with van der Waals surface area (Å²) in [6, 6.07) is 25.1. The van der Waals surface area contributed by atoms with Gasteiger partial charge in [0.15, 0.2) is 6.54 Å². The quantitative estimate of drug-likeness (QED) is 0.104. The Morgan fingerprint density at radius 3 is 2.68 bits per heavy atom. The first-order chi connectivity index (χ1) is 24.0. The molecule has 0 spiro atoms. The smallest absolute Gasteiger partial charge is 0.303 e. The number of allylic oxidation sites excluding steroid dienone is 4. The molecule has 5 aromatic rings. The molecule has 258 valence electrons. The maximum atomic E-state index is 12.0. The summed E-state index contributed by atoms with van der Waals surface area (Å²) in [4.78, 5) is 14.6. The predicted molar refractivity (Wildman–Crippen MR) is 204 cm³/mol. The van der Waals surface area contributed by atoms with E-state index in [1.54, 1.807) is 30.0 Å². The Kier molecular flexibility index (Phi) is 9.76. The van der Waals surface area contributed by atoms with Crippen molar-refractivity contribution in [2.24, 2.45) is 5.92 Å². The summed E-state index contributed by atoms with van der Waals surface area (Å²) in [5.41, 5.74) is 6.70. The molecule has 0 saturated heterocycles. The highest BCUT2D eigenvalue weighted by atomic mass is 32.2. The fraction of sp³-hybridized carbons (Fsp3) is 0.282. The molecule has 7 rings (SSSR count). The van der Waals surface area contributed by atoms with Crippen molar-refractivity contribution in [3.8, 4) is 5.69 Å². The minimum Gasteiger partial charge on any atom is -0.481 e. The maximum Gasteiger partial charge on any atom is 0.303 e. The third-order valence-electron chi connectivity index (χ3n) is 9.43. The second-order valence-corrected chi connectivity index (χ2v) is 17.2. The van der Waals surface area contributed by atoms with Crippen LogP contribution in [-0.2, 0) is 21.5 Å². The van der Waals surface area contributed by atoms with Crippen LogP contribution in [0, 0.1) is 5.92 Å². The molecule has 50 heavy (non-hydrogen) atoms. The number of thiazole rings is 1. The second kappa shape index (κ2) is 14.2. The number of aromatic nitrogens is 2. The third-order valence-corrected chi connectivity index (χ3v) is 12.9. The molecule has 2 aliphatic rings. The molecule has 3 aromatic carbocycles. The van der Waals surface area contributed by atoms with Crippen molar-refractivity contribution in [3.05, 3.63) is 112 Å². The Morgan fingerprint density at radius 2 is 1.86 bits per heavy atom. The van der Waals surface area contributed by atoms with E-state index in [9.17, 15) is 22.9 Å². The average Bonchev–Trinajstić information content (AvgIpc) is 3.75. The van der Waals surface area contributed by atoms with Gasteiger partial charge in [-0.1, -0.05) is 66.4 Å². The third kappa shape index (κ3) is 7.32. The van der Waals surface area contributed by atoms with Gasteiger partial charge in [-0.05, 0) is 91.1 Å². The lowest BCUT2D eigenvalue weighted by atomic mass is 9.87. The van der Waals surface area contributed by atoms with Gasteiger partial charge < -0.3 is 14.6 Å². The van der Waals surface area contributed by atoms with Crippen LogP contribution < -0.4 is 9.47 Å². The SMILES string of the molecule is CC1CC(C=C2Sc3ccc(-n4ccc5ccccc54)cc3N2CCC(C)S(=O)(=O)O)=CC(=Cc2sc3ccccc3[n+]2CCCC(=O)O)C1. The number of hydrogen-bond donors (Lipinski definition) is 2. The average molecular weight is 727 g/mol. The van der Waals surface area contributed by atoms with Gasteiger partial charge in [0.1, 0.15) is 4.70 Å². The molecular formula is C39H40N3O5S3+. The monoisotopic (exact) mass is 726 g/mol. The summed E-state index contributed by atoms with van der Waals surface area (Å²) in [6.45, 7) is 4.89. The number of anilines is 1. The van der Waals surface area contributed by atoms with Crippen molar-refractivity contribution in [1.82, 2.24) is 4.57 Å². The van der Waals surface area contributed by atoms with Crippen LogP contribution in [0.1, 0.15) is 51.0 Å². The fourth-order valence-electron chi connectivity index (χ4n) is 6.88. The van der Waals surface area contributed by atoms with E-state index >= 15 is 0 Å². The Bertz CT molecular complexity index is 2300. The van der Waals surface area contributed by atoms with E-state index < -0.39 is 21.3 Å². The zero-order chi connectivity index (χ0) is 35.0. The molecule has 0 fully saturated rings. The maximum absolute atomic E-state index is 12.0. The van der Waals surface area contributed by atoms with Crippen molar-refractivity contribution < 1.29 is 27.4 Å². The highest BCUT2D eigenvalue weighted by Crippen LogP contribution is 2.48. The van der Waals surface area contributed by atoms with Crippen molar-refractivity contribution in [1.29, 1.82) is 0 Å². The Hall–Kier alpha value is -4.16. The van der Waals surface area contributed by atoms with Gasteiger partial charge in [0, 0.05) is 41.9 Å². The summed E-state index contributed by atoms with van der Waals surface area (Å²) >= 11 is 3.41. The number of fused-ring (bicyclic) bond motifs is 3. The number of carbonyl (C=O) groups is 1. The zero-order valence-corrected chi connectivity index (χ0v) is 30.5. The molecular weight excluding hydrogens is 687 g/mol. The van der Waals surface area contributed by atoms with Gasteiger partial charge in [-0.2, -0.15) is 13.0 Å². The second-order valence-electron chi connectivity index (χ2n) is 13.3. The molecule has 1 aliphatic heterocycles. The largest absolute Gasteiger partial charge is 0.481 e. The Morgan fingerprint density at radius 1 is 1.06 bits per heavy atom. The lowest BCUT2D eigenvalue weighted by Gasteiger charge is -2.24. The molecule has 11 heteroatoms. The van der Waals surface area contributed by atoms with E-state index in [-0.39, 0.29) is 12.8 Å². The van der Waals surface area contributed by atoms with Crippen LogP contribution in [0.4, 0.5) is 5.69 Å². The molecule has 3 heterocycles. The topological polar surface area (TPSA) is 104 Å². The molecule has 0 bridgehead atoms. The van der Waals surface area contributed by atoms with Crippen LogP contribution in [0.25, 0.3) is 32.9 Å². The van der Waals surface area contributed by atoms with Gasteiger partial charge in [-0.25, -0.2) is 0 Å². The number of benzene rings is 3.